The molecule has 0 saturated carbocycles. The van der Waals surface area contributed by atoms with Gasteiger partial charge in [-0.1, -0.05) is 11.6 Å². The quantitative estimate of drug-likeness (QED) is 0.870. The molecule has 0 N–H and O–H groups in total. The summed E-state index contributed by atoms with van der Waals surface area (Å²) < 4.78 is 0.736. The van der Waals surface area contributed by atoms with Gasteiger partial charge in [0, 0.05) is 37.8 Å². The molecule has 2 aromatic rings. The van der Waals surface area contributed by atoms with E-state index in [0.29, 0.717) is 12.1 Å². The second-order valence-corrected chi connectivity index (χ2v) is 6.46. The smallest absolute Gasteiger partial charge is 0.254 e. The lowest BCUT2D eigenvalue weighted by Crippen LogP contribution is -2.26. The van der Waals surface area contributed by atoms with Crippen LogP contribution in [0.3, 0.4) is 0 Å². The van der Waals surface area contributed by atoms with Crippen molar-refractivity contribution >= 4 is 34.7 Å². The molecular weight excluding hydrogens is 294 g/mol. The standard InChI is InChI=1S/C14H16ClN3OS/c1-17(2)13-8-10(6-7-16-13)14(19)18(3)9-11-4-5-12(15)20-11/h4-8H,9H2,1-3H3. The molecule has 0 saturated heterocycles. The second-order valence-electron chi connectivity index (χ2n) is 4.66. The Hall–Kier alpha value is -1.59. The molecule has 106 valence electrons. The van der Waals surface area contributed by atoms with E-state index in [0.717, 1.165) is 15.0 Å². The average molecular weight is 310 g/mol. The molecule has 0 spiro atoms. The Bertz CT molecular complexity index is 612. The van der Waals surface area contributed by atoms with Crippen LogP contribution in [-0.2, 0) is 6.54 Å². The molecule has 0 atom stereocenters. The molecule has 2 rings (SSSR count). The maximum Gasteiger partial charge on any atom is 0.254 e. The minimum atomic E-state index is -0.0278. The van der Waals surface area contributed by atoms with Crippen molar-refractivity contribution < 1.29 is 4.79 Å². The van der Waals surface area contributed by atoms with Crippen LogP contribution in [0.25, 0.3) is 0 Å². The highest BCUT2D eigenvalue weighted by Crippen LogP contribution is 2.23. The maximum atomic E-state index is 12.4. The largest absolute Gasteiger partial charge is 0.363 e. The molecule has 4 nitrogen and oxygen atoms in total. The van der Waals surface area contributed by atoms with Crippen molar-refractivity contribution in [3.05, 3.63) is 45.2 Å². The molecule has 0 fully saturated rings. The zero-order valence-corrected chi connectivity index (χ0v) is 13.2. The second kappa shape index (κ2) is 6.24. The molecule has 0 unspecified atom stereocenters. The lowest BCUT2D eigenvalue weighted by Gasteiger charge is -2.17. The van der Waals surface area contributed by atoms with Crippen molar-refractivity contribution in [3.63, 3.8) is 0 Å². The van der Waals surface area contributed by atoms with Gasteiger partial charge in [0.05, 0.1) is 10.9 Å². The summed E-state index contributed by atoms with van der Waals surface area (Å²) in [5, 5.41) is 0. The van der Waals surface area contributed by atoms with Gasteiger partial charge in [-0.3, -0.25) is 4.79 Å². The zero-order valence-electron chi connectivity index (χ0n) is 11.6. The van der Waals surface area contributed by atoms with Crippen molar-refractivity contribution in [1.29, 1.82) is 0 Å². The summed E-state index contributed by atoms with van der Waals surface area (Å²) in [6.45, 7) is 0.551. The van der Waals surface area contributed by atoms with E-state index in [-0.39, 0.29) is 5.91 Å². The highest BCUT2D eigenvalue weighted by molar-refractivity contribution is 7.16. The number of aromatic nitrogens is 1. The molecule has 0 aliphatic rings. The molecule has 2 heterocycles. The van der Waals surface area contributed by atoms with E-state index in [9.17, 15) is 4.79 Å². The predicted molar refractivity (Wildman–Crippen MR) is 83.7 cm³/mol. The molecule has 0 radical (unpaired) electrons. The van der Waals surface area contributed by atoms with Crippen molar-refractivity contribution in [2.24, 2.45) is 0 Å². The van der Waals surface area contributed by atoms with Gasteiger partial charge in [-0.05, 0) is 24.3 Å². The molecule has 0 aromatic carbocycles. The summed E-state index contributed by atoms with van der Waals surface area (Å²) in [7, 11) is 5.58. The Balaban J connectivity index is 2.12. The molecule has 0 aliphatic heterocycles. The number of thiophene rings is 1. The monoisotopic (exact) mass is 309 g/mol. The number of anilines is 1. The van der Waals surface area contributed by atoms with Gasteiger partial charge >= 0.3 is 0 Å². The minimum absolute atomic E-state index is 0.0278. The summed E-state index contributed by atoms with van der Waals surface area (Å²) in [5.74, 6) is 0.739. The van der Waals surface area contributed by atoms with Gasteiger partial charge in [0.25, 0.3) is 5.91 Å². The number of halogens is 1. The third-order valence-corrected chi connectivity index (χ3v) is 4.04. The lowest BCUT2D eigenvalue weighted by atomic mass is 10.2. The highest BCUT2D eigenvalue weighted by atomic mass is 35.5. The molecule has 6 heteroatoms. The zero-order chi connectivity index (χ0) is 14.7. The van der Waals surface area contributed by atoms with Gasteiger partial charge in [-0.25, -0.2) is 4.98 Å². The third-order valence-electron chi connectivity index (χ3n) is 2.82. The molecule has 2 aromatic heterocycles. The van der Waals surface area contributed by atoms with E-state index in [4.69, 9.17) is 11.6 Å². The lowest BCUT2D eigenvalue weighted by molar-refractivity contribution is 0.0786. The van der Waals surface area contributed by atoms with Crippen molar-refractivity contribution in [2.45, 2.75) is 6.54 Å². The van der Waals surface area contributed by atoms with Crippen LogP contribution in [-0.4, -0.2) is 36.9 Å². The number of carbonyl (C=O) groups is 1. The summed E-state index contributed by atoms with van der Waals surface area (Å²) in [4.78, 5) is 21.2. The van der Waals surface area contributed by atoms with Crippen LogP contribution in [0, 0.1) is 0 Å². The maximum absolute atomic E-state index is 12.4. The van der Waals surface area contributed by atoms with Gasteiger partial charge in [0.2, 0.25) is 0 Å². The third kappa shape index (κ3) is 3.49. The van der Waals surface area contributed by atoms with Gasteiger partial charge < -0.3 is 9.80 Å². The van der Waals surface area contributed by atoms with Crippen molar-refractivity contribution in [1.82, 2.24) is 9.88 Å². The van der Waals surface area contributed by atoms with E-state index >= 15 is 0 Å². The summed E-state index contributed by atoms with van der Waals surface area (Å²) in [6.07, 6.45) is 1.65. The molecule has 0 bridgehead atoms. The number of hydrogen-bond donors (Lipinski definition) is 0. The Morgan fingerprint density at radius 1 is 1.30 bits per heavy atom. The number of rotatable bonds is 4. The molecular formula is C14H16ClN3OS. The van der Waals surface area contributed by atoms with Gasteiger partial charge in [0.1, 0.15) is 5.82 Å². The van der Waals surface area contributed by atoms with E-state index in [1.165, 1.54) is 11.3 Å². The van der Waals surface area contributed by atoms with Gasteiger partial charge in [-0.15, -0.1) is 11.3 Å². The van der Waals surface area contributed by atoms with Crippen LogP contribution >= 0.6 is 22.9 Å². The average Bonchev–Trinajstić information content (AvgIpc) is 2.83. The van der Waals surface area contributed by atoms with Crippen molar-refractivity contribution in [2.75, 3.05) is 26.0 Å². The first kappa shape index (κ1) is 14.8. The first-order chi connectivity index (χ1) is 9.47. The number of carbonyl (C=O) groups excluding carboxylic acids is 1. The molecule has 1 amide bonds. The van der Waals surface area contributed by atoms with E-state index in [1.54, 1.807) is 30.3 Å². The topological polar surface area (TPSA) is 36.4 Å². The normalized spacial score (nSPS) is 10.4. The fourth-order valence-corrected chi connectivity index (χ4v) is 2.90. The van der Waals surface area contributed by atoms with E-state index < -0.39 is 0 Å². The fraction of sp³-hybridized carbons (Fsp3) is 0.286. The Morgan fingerprint density at radius 3 is 2.65 bits per heavy atom. The number of nitrogens with zero attached hydrogens (tertiary/aromatic N) is 3. The van der Waals surface area contributed by atoms with Crippen LogP contribution in [0.15, 0.2) is 30.5 Å². The summed E-state index contributed by atoms with van der Waals surface area (Å²) in [6, 6.07) is 7.30. The van der Waals surface area contributed by atoms with Crippen LogP contribution in [0.5, 0.6) is 0 Å². The predicted octanol–water partition coefficient (Wildman–Crippen LogP) is 3.13. The number of hydrogen-bond acceptors (Lipinski definition) is 4. The van der Waals surface area contributed by atoms with E-state index in [2.05, 4.69) is 4.98 Å². The summed E-state index contributed by atoms with van der Waals surface area (Å²) >= 11 is 7.39. The molecule has 0 aliphatic carbocycles. The highest BCUT2D eigenvalue weighted by Gasteiger charge is 2.14. The number of pyridine rings is 1. The fourth-order valence-electron chi connectivity index (χ4n) is 1.76. The molecule has 20 heavy (non-hydrogen) atoms. The SMILES string of the molecule is CN(Cc1ccc(Cl)s1)C(=O)c1ccnc(N(C)C)c1. The Kier molecular flexibility index (Phi) is 4.62. The Labute approximate surface area is 127 Å². The van der Waals surface area contributed by atoms with Gasteiger partial charge in [-0.2, -0.15) is 0 Å². The van der Waals surface area contributed by atoms with Crippen molar-refractivity contribution in [3.8, 4) is 0 Å². The van der Waals surface area contributed by atoms with Gasteiger partial charge in [0.15, 0.2) is 0 Å². The Morgan fingerprint density at radius 2 is 2.05 bits per heavy atom. The first-order valence-corrected chi connectivity index (χ1v) is 7.30. The van der Waals surface area contributed by atoms with Crippen LogP contribution in [0.1, 0.15) is 15.2 Å². The first-order valence-electron chi connectivity index (χ1n) is 6.10. The minimum Gasteiger partial charge on any atom is -0.363 e. The van der Waals surface area contributed by atoms with E-state index in [1.807, 2.05) is 31.1 Å². The van der Waals surface area contributed by atoms with Crippen LogP contribution in [0.2, 0.25) is 4.34 Å². The van der Waals surface area contributed by atoms with Crippen LogP contribution < -0.4 is 4.90 Å². The summed E-state index contributed by atoms with van der Waals surface area (Å²) in [5.41, 5.74) is 0.633. The van der Waals surface area contributed by atoms with Crippen LogP contribution in [0.4, 0.5) is 5.82 Å². The number of amides is 1.